The standard InChI is InChI=1S/C15H11ClFN3O2S2/c1-20-14(22)9-4-5-23-13(9)19-15(20)24-7-12(21)18-8-2-3-11(17)10(16)6-8/h2-6H,7H2,1H3,(H,18,21). The molecular formula is C15H11ClFN3O2S2. The molecule has 1 N–H and O–H groups in total. The predicted molar refractivity (Wildman–Crippen MR) is 95.6 cm³/mol. The van der Waals surface area contributed by atoms with Crippen molar-refractivity contribution in [1.29, 1.82) is 0 Å². The zero-order valence-electron chi connectivity index (χ0n) is 12.4. The maximum Gasteiger partial charge on any atom is 0.262 e. The number of fused-ring (bicyclic) bond motifs is 1. The minimum Gasteiger partial charge on any atom is -0.325 e. The predicted octanol–water partition coefficient (Wildman–Crippen LogP) is 3.52. The molecule has 2 heterocycles. The quantitative estimate of drug-likeness (QED) is 0.553. The first-order chi connectivity index (χ1) is 11.5. The highest BCUT2D eigenvalue weighted by atomic mass is 35.5. The molecule has 0 aliphatic heterocycles. The number of nitrogens with zero attached hydrogens (tertiary/aromatic N) is 2. The summed E-state index contributed by atoms with van der Waals surface area (Å²) in [5, 5.41) is 5.39. The minimum absolute atomic E-state index is 0.0617. The first-order valence-electron chi connectivity index (χ1n) is 6.77. The molecule has 9 heteroatoms. The van der Waals surface area contributed by atoms with Crippen LogP contribution < -0.4 is 10.9 Å². The van der Waals surface area contributed by atoms with E-state index in [1.165, 1.54) is 34.1 Å². The van der Waals surface area contributed by atoms with Crippen LogP contribution in [-0.4, -0.2) is 21.2 Å². The molecule has 3 aromatic rings. The van der Waals surface area contributed by atoms with Crippen molar-refractivity contribution in [3.63, 3.8) is 0 Å². The smallest absolute Gasteiger partial charge is 0.262 e. The number of hydrogen-bond acceptors (Lipinski definition) is 5. The van der Waals surface area contributed by atoms with Crippen molar-refractivity contribution in [2.75, 3.05) is 11.1 Å². The molecule has 124 valence electrons. The highest BCUT2D eigenvalue weighted by Gasteiger charge is 2.12. The lowest BCUT2D eigenvalue weighted by Gasteiger charge is -2.08. The maximum absolute atomic E-state index is 13.1. The molecule has 0 saturated heterocycles. The van der Waals surface area contributed by atoms with Gasteiger partial charge < -0.3 is 5.32 Å². The zero-order valence-corrected chi connectivity index (χ0v) is 14.8. The van der Waals surface area contributed by atoms with Crippen molar-refractivity contribution in [3.8, 4) is 0 Å². The number of aromatic nitrogens is 2. The molecule has 0 aliphatic rings. The average Bonchev–Trinajstić information content (AvgIpc) is 3.01. The fourth-order valence-corrected chi connectivity index (χ4v) is 3.77. The largest absolute Gasteiger partial charge is 0.325 e. The molecule has 0 spiro atoms. The van der Waals surface area contributed by atoms with Gasteiger partial charge in [-0.05, 0) is 29.6 Å². The van der Waals surface area contributed by atoms with Crippen molar-refractivity contribution in [3.05, 3.63) is 50.8 Å². The zero-order chi connectivity index (χ0) is 17.3. The highest BCUT2D eigenvalue weighted by Crippen LogP contribution is 2.22. The average molecular weight is 384 g/mol. The fraction of sp³-hybridized carbons (Fsp3) is 0.133. The van der Waals surface area contributed by atoms with Gasteiger partial charge in [0.25, 0.3) is 5.56 Å². The Labute approximate surface area is 149 Å². The number of halogens is 2. The van der Waals surface area contributed by atoms with Crippen molar-refractivity contribution in [2.24, 2.45) is 7.05 Å². The second-order valence-electron chi connectivity index (χ2n) is 4.86. The monoisotopic (exact) mass is 383 g/mol. The number of anilines is 1. The van der Waals surface area contributed by atoms with Crippen molar-refractivity contribution in [2.45, 2.75) is 5.16 Å². The fourth-order valence-electron chi connectivity index (χ4n) is 2.01. The highest BCUT2D eigenvalue weighted by molar-refractivity contribution is 7.99. The third-order valence-electron chi connectivity index (χ3n) is 3.20. The van der Waals surface area contributed by atoms with Gasteiger partial charge in [0.05, 0.1) is 16.2 Å². The number of thiophene rings is 1. The van der Waals surface area contributed by atoms with E-state index in [2.05, 4.69) is 10.3 Å². The summed E-state index contributed by atoms with van der Waals surface area (Å²) in [6.07, 6.45) is 0. The second kappa shape index (κ2) is 6.92. The van der Waals surface area contributed by atoms with Crippen LogP contribution in [0.2, 0.25) is 5.02 Å². The Balaban J connectivity index is 1.71. The molecule has 1 amide bonds. The summed E-state index contributed by atoms with van der Waals surface area (Å²) < 4.78 is 14.5. The summed E-state index contributed by atoms with van der Waals surface area (Å²) in [4.78, 5) is 29.2. The molecule has 24 heavy (non-hydrogen) atoms. The van der Waals surface area contributed by atoms with Gasteiger partial charge in [0.1, 0.15) is 10.6 Å². The molecule has 0 atom stereocenters. The molecule has 5 nitrogen and oxygen atoms in total. The van der Waals surface area contributed by atoms with Gasteiger partial charge >= 0.3 is 0 Å². The van der Waals surface area contributed by atoms with E-state index in [0.717, 1.165) is 11.8 Å². The molecule has 0 saturated carbocycles. The van der Waals surface area contributed by atoms with Gasteiger partial charge in [0.2, 0.25) is 5.91 Å². The molecule has 0 aliphatic carbocycles. The van der Waals surface area contributed by atoms with Gasteiger partial charge in [-0.1, -0.05) is 23.4 Å². The number of carbonyl (C=O) groups is 1. The summed E-state index contributed by atoms with van der Waals surface area (Å²) in [6.45, 7) is 0. The molecule has 0 fully saturated rings. The third-order valence-corrected chi connectivity index (χ3v) is 5.33. The van der Waals surface area contributed by atoms with E-state index in [0.29, 0.717) is 21.1 Å². The normalized spacial score (nSPS) is 11.0. The number of benzene rings is 1. The van der Waals surface area contributed by atoms with Crippen LogP contribution in [0.5, 0.6) is 0 Å². The summed E-state index contributed by atoms with van der Waals surface area (Å²) in [5.41, 5.74) is 0.261. The van der Waals surface area contributed by atoms with Gasteiger partial charge in [0, 0.05) is 12.7 Å². The number of amides is 1. The molecule has 1 aromatic carbocycles. The first kappa shape index (κ1) is 16.9. The van der Waals surface area contributed by atoms with Crippen LogP contribution in [0.15, 0.2) is 39.6 Å². The second-order valence-corrected chi connectivity index (χ2v) is 7.11. The van der Waals surface area contributed by atoms with Gasteiger partial charge in [-0.3, -0.25) is 14.2 Å². The first-order valence-corrected chi connectivity index (χ1v) is 9.02. The molecule has 0 radical (unpaired) electrons. The molecule has 3 rings (SSSR count). The van der Waals surface area contributed by atoms with Crippen LogP contribution in [0, 0.1) is 5.82 Å². The van der Waals surface area contributed by atoms with Crippen LogP contribution in [-0.2, 0) is 11.8 Å². The van der Waals surface area contributed by atoms with E-state index in [9.17, 15) is 14.0 Å². The topological polar surface area (TPSA) is 64.0 Å². The van der Waals surface area contributed by atoms with Gasteiger partial charge in [-0.25, -0.2) is 9.37 Å². The van der Waals surface area contributed by atoms with Crippen LogP contribution >= 0.6 is 34.7 Å². The van der Waals surface area contributed by atoms with Gasteiger partial charge in [-0.15, -0.1) is 11.3 Å². The Bertz CT molecular complexity index is 986. The van der Waals surface area contributed by atoms with Crippen LogP contribution in [0.25, 0.3) is 10.2 Å². The number of thioether (sulfide) groups is 1. The Morgan fingerprint density at radius 2 is 2.25 bits per heavy atom. The van der Waals surface area contributed by atoms with E-state index >= 15 is 0 Å². The minimum atomic E-state index is -0.549. The van der Waals surface area contributed by atoms with Crippen molar-refractivity contribution < 1.29 is 9.18 Å². The number of carbonyl (C=O) groups excluding carboxylic acids is 1. The van der Waals surface area contributed by atoms with Gasteiger partial charge in [0.15, 0.2) is 5.16 Å². The summed E-state index contributed by atoms with van der Waals surface area (Å²) in [5.74, 6) is -0.790. The number of rotatable bonds is 4. The molecular weight excluding hydrogens is 373 g/mol. The third kappa shape index (κ3) is 3.45. The Morgan fingerprint density at radius 3 is 3.00 bits per heavy atom. The maximum atomic E-state index is 13.1. The SMILES string of the molecule is Cn1c(SCC(=O)Nc2ccc(F)c(Cl)c2)nc2sccc2c1=O. The Hall–Kier alpha value is -1.90. The number of nitrogens with one attached hydrogen (secondary N) is 1. The van der Waals surface area contributed by atoms with E-state index < -0.39 is 5.82 Å². The van der Waals surface area contributed by atoms with E-state index in [-0.39, 0.29) is 22.2 Å². The van der Waals surface area contributed by atoms with E-state index in [4.69, 9.17) is 11.6 Å². The van der Waals surface area contributed by atoms with Crippen molar-refractivity contribution in [1.82, 2.24) is 9.55 Å². The number of hydrogen-bond donors (Lipinski definition) is 1. The lowest BCUT2D eigenvalue weighted by atomic mass is 10.3. The van der Waals surface area contributed by atoms with E-state index in [1.807, 2.05) is 0 Å². The summed E-state index contributed by atoms with van der Waals surface area (Å²) >= 11 is 8.20. The van der Waals surface area contributed by atoms with Crippen LogP contribution in [0.3, 0.4) is 0 Å². The van der Waals surface area contributed by atoms with Crippen LogP contribution in [0.1, 0.15) is 0 Å². The summed E-state index contributed by atoms with van der Waals surface area (Å²) in [6, 6.07) is 5.68. The van der Waals surface area contributed by atoms with Gasteiger partial charge in [-0.2, -0.15) is 0 Å². The molecule has 2 aromatic heterocycles. The molecule has 0 unspecified atom stereocenters. The molecule has 0 bridgehead atoms. The Kier molecular flexibility index (Phi) is 4.88. The lowest BCUT2D eigenvalue weighted by molar-refractivity contribution is -0.113. The Morgan fingerprint density at radius 1 is 1.46 bits per heavy atom. The lowest BCUT2D eigenvalue weighted by Crippen LogP contribution is -2.20. The van der Waals surface area contributed by atoms with Crippen LogP contribution in [0.4, 0.5) is 10.1 Å². The van der Waals surface area contributed by atoms with E-state index in [1.54, 1.807) is 18.5 Å². The summed E-state index contributed by atoms with van der Waals surface area (Å²) in [7, 11) is 1.62. The van der Waals surface area contributed by atoms with Crippen molar-refractivity contribution >= 4 is 56.5 Å².